The second kappa shape index (κ2) is 7.66. The third-order valence-corrected chi connectivity index (χ3v) is 9.06. The number of nitrogens with zero attached hydrogens (tertiary/aromatic N) is 1. The number of amides is 2. The van der Waals surface area contributed by atoms with Gasteiger partial charge < -0.3 is 15.4 Å². The first-order valence-electron chi connectivity index (χ1n) is 12.4. The van der Waals surface area contributed by atoms with Gasteiger partial charge in [0.2, 0.25) is 11.8 Å². The quantitative estimate of drug-likeness (QED) is 0.508. The molecule has 2 spiro atoms. The number of fused-ring (bicyclic) bond motifs is 7. The van der Waals surface area contributed by atoms with Crippen LogP contribution in [0.1, 0.15) is 34.3 Å². The third-order valence-electron chi connectivity index (χ3n) is 8.75. The highest BCUT2D eigenvalue weighted by atomic mass is 35.5. The number of carbonyl (C=O) groups is 3. The van der Waals surface area contributed by atoms with Gasteiger partial charge in [-0.05, 0) is 61.3 Å². The van der Waals surface area contributed by atoms with Gasteiger partial charge in [0.25, 0.3) is 0 Å². The number of hydrogen-bond acceptors (Lipinski definition) is 5. The molecule has 2 N–H and O–H groups in total. The van der Waals surface area contributed by atoms with Gasteiger partial charge in [-0.1, -0.05) is 41.9 Å². The van der Waals surface area contributed by atoms with E-state index < -0.39 is 16.9 Å². The monoisotopic (exact) mass is 513 g/mol. The van der Waals surface area contributed by atoms with Crippen LogP contribution in [-0.2, 0) is 20.5 Å². The minimum atomic E-state index is -1.38. The van der Waals surface area contributed by atoms with Crippen molar-refractivity contribution in [3.05, 3.63) is 88.4 Å². The summed E-state index contributed by atoms with van der Waals surface area (Å²) in [5.74, 6) is -1.21. The fourth-order valence-corrected chi connectivity index (χ4v) is 7.68. The van der Waals surface area contributed by atoms with Crippen LogP contribution in [0.15, 0.2) is 66.7 Å². The van der Waals surface area contributed by atoms with Crippen molar-refractivity contribution >= 4 is 40.6 Å². The van der Waals surface area contributed by atoms with Crippen molar-refractivity contribution in [3.8, 4) is 5.75 Å². The first kappa shape index (κ1) is 22.5. The highest BCUT2D eigenvalue weighted by Crippen LogP contribution is 2.66. The van der Waals surface area contributed by atoms with Gasteiger partial charge in [-0.3, -0.25) is 19.3 Å². The Balaban J connectivity index is 1.56. The van der Waals surface area contributed by atoms with E-state index in [9.17, 15) is 14.4 Å². The lowest BCUT2D eigenvalue weighted by Gasteiger charge is -2.38. The number of halogens is 1. The first-order chi connectivity index (χ1) is 17.9. The number of nitrogens with one attached hydrogen (secondary N) is 2. The summed E-state index contributed by atoms with van der Waals surface area (Å²) in [4.78, 5) is 45.3. The average Bonchev–Trinajstić information content (AvgIpc) is 3.63. The molecule has 3 aromatic carbocycles. The van der Waals surface area contributed by atoms with Crippen LogP contribution < -0.4 is 15.4 Å². The fraction of sp³-hybridized carbons (Fsp3) is 0.276. The van der Waals surface area contributed by atoms with Crippen LogP contribution in [-0.4, -0.2) is 42.2 Å². The summed E-state index contributed by atoms with van der Waals surface area (Å²) in [6.07, 6.45) is 1.51. The lowest BCUT2D eigenvalue weighted by atomic mass is 9.60. The first-order valence-corrected chi connectivity index (χ1v) is 12.8. The topological polar surface area (TPSA) is 87.7 Å². The number of ketones is 1. The van der Waals surface area contributed by atoms with E-state index in [0.717, 1.165) is 12.0 Å². The van der Waals surface area contributed by atoms with Gasteiger partial charge in [-0.15, -0.1) is 0 Å². The van der Waals surface area contributed by atoms with E-state index in [4.69, 9.17) is 16.3 Å². The van der Waals surface area contributed by atoms with Crippen LogP contribution >= 0.6 is 11.6 Å². The van der Waals surface area contributed by atoms with Gasteiger partial charge in [0.05, 0.1) is 23.7 Å². The number of Topliss-reactive ketones (excluding diaryl/α,β-unsaturated/α-hetero) is 1. The molecule has 2 amide bonds. The molecule has 0 aromatic heterocycles. The molecule has 2 fully saturated rings. The Morgan fingerprint density at radius 1 is 0.973 bits per heavy atom. The molecular weight excluding hydrogens is 490 g/mol. The summed E-state index contributed by atoms with van der Waals surface area (Å²) in [6, 6.07) is 19.5. The smallest absolute Gasteiger partial charge is 0.250 e. The SMILES string of the molecule is COc1ccc(C(=O)[C@@H]2[C@@]3(C(=O)Nc4ccccc43)[C@H]3CCCN3[C@]23C(=O)Nc2c(Cl)cccc23)cc1. The predicted octanol–water partition coefficient (Wildman–Crippen LogP) is 4.36. The zero-order valence-electron chi connectivity index (χ0n) is 20.1. The summed E-state index contributed by atoms with van der Waals surface area (Å²) in [7, 11) is 1.57. The van der Waals surface area contributed by atoms with Crippen molar-refractivity contribution in [1.29, 1.82) is 0 Å². The minimum Gasteiger partial charge on any atom is -0.497 e. The van der Waals surface area contributed by atoms with Crippen molar-refractivity contribution in [3.63, 3.8) is 0 Å². The van der Waals surface area contributed by atoms with Gasteiger partial charge >= 0.3 is 0 Å². The number of ether oxygens (including phenoxy) is 1. The summed E-state index contributed by atoms with van der Waals surface area (Å²) in [6.45, 7) is 0.591. The molecule has 0 bridgehead atoms. The number of para-hydroxylation sites is 2. The molecule has 0 saturated carbocycles. The number of anilines is 2. The lowest BCUT2D eigenvalue weighted by Crippen LogP contribution is -2.55. The Bertz CT molecular complexity index is 1510. The molecule has 0 unspecified atom stereocenters. The van der Waals surface area contributed by atoms with Gasteiger partial charge in [0.1, 0.15) is 16.7 Å². The Morgan fingerprint density at radius 2 is 1.73 bits per heavy atom. The van der Waals surface area contributed by atoms with Crippen molar-refractivity contribution in [2.75, 3.05) is 24.3 Å². The van der Waals surface area contributed by atoms with E-state index >= 15 is 0 Å². The molecule has 2 saturated heterocycles. The normalized spacial score (nSPS) is 29.2. The second-order valence-corrected chi connectivity index (χ2v) is 10.5. The molecule has 4 aliphatic heterocycles. The Morgan fingerprint density at radius 3 is 2.51 bits per heavy atom. The van der Waals surface area contributed by atoms with Crippen molar-refractivity contribution in [2.24, 2.45) is 5.92 Å². The zero-order chi connectivity index (χ0) is 25.5. The van der Waals surface area contributed by atoms with E-state index in [1.807, 2.05) is 30.3 Å². The van der Waals surface area contributed by atoms with Gasteiger partial charge in [-0.25, -0.2) is 0 Å². The largest absolute Gasteiger partial charge is 0.497 e. The maximum Gasteiger partial charge on any atom is 0.250 e. The van der Waals surface area contributed by atoms with E-state index in [0.29, 0.717) is 46.2 Å². The van der Waals surface area contributed by atoms with E-state index in [2.05, 4.69) is 15.5 Å². The van der Waals surface area contributed by atoms with Gasteiger partial charge in [-0.2, -0.15) is 0 Å². The van der Waals surface area contributed by atoms with Gasteiger partial charge in [0, 0.05) is 22.9 Å². The maximum atomic E-state index is 14.7. The highest BCUT2D eigenvalue weighted by molar-refractivity contribution is 6.35. The number of rotatable bonds is 3. The van der Waals surface area contributed by atoms with Gasteiger partial charge in [0.15, 0.2) is 5.78 Å². The van der Waals surface area contributed by atoms with Crippen LogP contribution in [0.3, 0.4) is 0 Å². The number of hydrogen-bond donors (Lipinski definition) is 2. The lowest BCUT2D eigenvalue weighted by molar-refractivity contribution is -0.128. The third kappa shape index (κ3) is 2.58. The van der Waals surface area contributed by atoms with Crippen molar-refractivity contribution < 1.29 is 19.1 Å². The number of benzene rings is 3. The number of methoxy groups -OCH3 is 1. The summed E-state index contributed by atoms with van der Waals surface area (Å²) < 4.78 is 5.30. The molecule has 0 radical (unpaired) electrons. The minimum absolute atomic E-state index is 0.238. The molecule has 7 nitrogen and oxygen atoms in total. The van der Waals surface area contributed by atoms with Crippen LogP contribution in [0, 0.1) is 5.92 Å². The predicted molar refractivity (Wildman–Crippen MR) is 139 cm³/mol. The number of carbonyl (C=O) groups excluding carboxylic acids is 3. The summed E-state index contributed by atoms with van der Waals surface area (Å²) in [5, 5.41) is 6.46. The Labute approximate surface area is 218 Å². The van der Waals surface area contributed by atoms with Crippen molar-refractivity contribution in [1.82, 2.24) is 4.90 Å². The zero-order valence-corrected chi connectivity index (χ0v) is 20.8. The average molecular weight is 514 g/mol. The molecule has 186 valence electrons. The standard InChI is InChI=1S/C29H24ClN3O4/c1-37-17-13-11-16(12-14-17)24(34)25-28(18-6-2-3-9-21(18)31-26(28)35)22-10-5-15-33(22)29(25)19-7-4-8-20(30)23(19)32-27(29)36/h2-4,6-9,11-14,22,25H,5,10,15H2,1H3,(H,31,35)(H,32,36)/t22-,25-,28+,29+/m1/s1. The second-order valence-electron chi connectivity index (χ2n) is 10.1. The highest BCUT2D eigenvalue weighted by Gasteiger charge is 2.78. The maximum absolute atomic E-state index is 14.7. The van der Waals surface area contributed by atoms with Crippen LogP contribution in [0.4, 0.5) is 11.4 Å². The van der Waals surface area contributed by atoms with E-state index in [-0.39, 0.29) is 23.6 Å². The van der Waals surface area contributed by atoms with E-state index in [1.54, 1.807) is 43.5 Å². The van der Waals surface area contributed by atoms with E-state index in [1.165, 1.54) is 0 Å². The molecule has 8 heteroatoms. The molecule has 4 heterocycles. The molecule has 7 rings (SSSR count). The fourth-order valence-electron chi connectivity index (χ4n) is 7.46. The Kier molecular flexibility index (Phi) is 4.66. The molecule has 37 heavy (non-hydrogen) atoms. The van der Waals surface area contributed by atoms with Crippen LogP contribution in [0.25, 0.3) is 0 Å². The molecule has 4 atom stereocenters. The molecule has 4 aliphatic rings. The Hall–Kier alpha value is -3.68. The summed E-state index contributed by atoms with van der Waals surface area (Å²) >= 11 is 6.57. The summed E-state index contributed by atoms with van der Waals surface area (Å²) in [5.41, 5.74) is 0.413. The van der Waals surface area contributed by atoms with Crippen molar-refractivity contribution in [2.45, 2.75) is 29.8 Å². The van der Waals surface area contributed by atoms with Crippen LogP contribution in [0.2, 0.25) is 5.02 Å². The molecule has 3 aromatic rings. The van der Waals surface area contributed by atoms with Crippen LogP contribution in [0.5, 0.6) is 5.75 Å². The molecular formula is C29H24ClN3O4. The molecule has 0 aliphatic carbocycles.